The number of alkyl halides is 5. The molecule has 0 saturated carbocycles. The normalized spacial score (nSPS) is 12.5. The fourth-order valence-corrected chi connectivity index (χ4v) is 0.590. The van der Waals surface area contributed by atoms with E-state index in [1.54, 1.807) is 0 Å². The molecule has 7 heteroatoms. The third-order valence-electron chi connectivity index (χ3n) is 1.10. The molecule has 0 aliphatic carbocycles. The summed E-state index contributed by atoms with van der Waals surface area (Å²) >= 11 is 0. The van der Waals surface area contributed by atoms with E-state index in [1.807, 2.05) is 0 Å². The maximum atomic E-state index is 11.7. The lowest BCUT2D eigenvalue weighted by molar-refractivity contribution is -0.144. The smallest absolute Gasteiger partial charge is 0.334 e. The molecule has 68 valence electrons. The van der Waals surface area contributed by atoms with E-state index >= 15 is 0 Å². The largest absolute Gasteiger partial charge is 0.449 e. The third kappa shape index (κ3) is 1.72. The van der Waals surface area contributed by atoms with Gasteiger partial charge in [-0.3, -0.25) is 0 Å². The number of hydrogen-bond acceptors (Lipinski definition) is 1. The molecule has 0 unspecified atom stereocenters. The van der Waals surface area contributed by atoms with E-state index in [2.05, 4.69) is 4.98 Å². The minimum absolute atomic E-state index is 0.466. The van der Waals surface area contributed by atoms with Crippen LogP contribution in [-0.2, 0) is 6.18 Å². The fourth-order valence-electron chi connectivity index (χ4n) is 0.590. The summed E-state index contributed by atoms with van der Waals surface area (Å²) in [6.45, 7) is 0. The lowest BCUT2D eigenvalue weighted by atomic mass is 10.5. The molecule has 0 spiro atoms. The number of aromatic amines is 1. The number of nitrogens with one attached hydrogen (secondary N) is 1. The molecule has 0 saturated heterocycles. The van der Waals surface area contributed by atoms with E-state index in [1.165, 1.54) is 4.98 Å². The van der Waals surface area contributed by atoms with Crippen LogP contribution >= 0.6 is 0 Å². The average molecular weight is 186 g/mol. The van der Waals surface area contributed by atoms with Gasteiger partial charge in [0.05, 0.1) is 6.20 Å². The molecule has 0 fully saturated rings. The van der Waals surface area contributed by atoms with E-state index in [0.29, 0.717) is 6.20 Å². The van der Waals surface area contributed by atoms with Gasteiger partial charge in [0, 0.05) is 0 Å². The van der Waals surface area contributed by atoms with Gasteiger partial charge in [-0.2, -0.15) is 13.2 Å². The number of imidazole rings is 1. The molecule has 1 aromatic heterocycles. The molecule has 0 radical (unpaired) electrons. The fraction of sp³-hybridized carbons (Fsp3) is 0.400. The highest BCUT2D eigenvalue weighted by Gasteiger charge is 2.35. The second-order valence-corrected chi connectivity index (χ2v) is 1.99. The Morgan fingerprint density at radius 1 is 1.33 bits per heavy atom. The van der Waals surface area contributed by atoms with Crippen LogP contribution in [0.25, 0.3) is 0 Å². The van der Waals surface area contributed by atoms with E-state index in [4.69, 9.17) is 0 Å². The van der Waals surface area contributed by atoms with Gasteiger partial charge in [0.15, 0.2) is 0 Å². The molecule has 0 aliphatic heterocycles. The van der Waals surface area contributed by atoms with Crippen molar-refractivity contribution in [2.45, 2.75) is 12.6 Å². The van der Waals surface area contributed by atoms with Crippen LogP contribution in [0.2, 0.25) is 0 Å². The molecular formula is C5H3F5N2. The minimum Gasteiger partial charge on any atom is -0.334 e. The number of aromatic nitrogens is 2. The van der Waals surface area contributed by atoms with Gasteiger partial charge < -0.3 is 4.98 Å². The number of halogens is 5. The summed E-state index contributed by atoms with van der Waals surface area (Å²) in [5.41, 5.74) is -0.831. The van der Waals surface area contributed by atoms with Gasteiger partial charge in [-0.05, 0) is 0 Å². The van der Waals surface area contributed by atoms with Crippen molar-refractivity contribution < 1.29 is 22.0 Å². The predicted molar refractivity (Wildman–Crippen MR) is 28.5 cm³/mol. The second-order valence-electron chi connectivity index (χ2n) is 1.99. The molecule has 0 aliphatic rings. The van der Waals surface area contributed by atoms with Gasteiger partial charge in [0.25, 0.3) is 6.43 Å². The molecule has 0 amide bonds. The van der Waals surface area contributed by atoms with Crippen LogP contribution in [0.1, 0.15) is 17.9 Å². The lowest BCUT2D eigenvalue weighted by Crippen LogP contribution is -2.07. The van der Waals surface area contributed by atoms with Crippen molar-refractivity contribution in [3.8, 4) is 0 Å². The highest BCUT2D eigenvalue weighted by molar-refractivity contribution is 5.04. The Morgan fingerprint density at radius 2 is 1.92 bits per heavy atom. The Morgan fingerprint density at radius 3 is 2.17 bits per heavy atom. The SMILES string of the molecule is FC(F)c1cnc(C(F)(F)F)[nH]1. The molecule has 0 bridgehead atoms. The van der Waals surface area contributed by atoms with Crippen LogP contribution in [0.5, 0.6) is 0 Å². The van der Waals surface area contributed by atoms with Gasteiger partial charge in [0.1, 0.15) is 5.69 Å². The summed E-state index contributed by atoms with van der Waals surface area (Å²) in [4.78, 5) is 4.21. The van der Waals surface area contributed by atoms with E-state index < -0.39 is 24.1 Å². The van der Waals surface area contributed by atoms with Gasteiger partial charge in [0.2, 0.25) is 5.82 Å². The van der Waals surface area contributed by atoms with E-state index in [0.717, 1.165) is 0 Å². The third-order valence-corrected chi connectivity index (χ3v) is 1.10. The minimum atomic E-state index is -4.70. The number of hydrogen-bond donors (Lipinski definition) is 1. The summed E-state index contributed by atoms with van der Waals surface area (Å²) in [6, 6.07) is 0. The van der Waals surface area contributed by atoms with Crippen molar-refractivity contribution in [2.75, 3.05) is 0 Å². The summed E-state index contributed by atoms with van der Waals surface area (Å²) < 4.78 is 58.6. The van der Waals surface area contributed by atoms with Crippen molar-refractivity contribution >= 4 is 0 Å². The zero-order chi connectivity index (χ0) is 9.35. The first kappa shape index (κ1) is 8.95. The Labute approximate surface area is 63.4 Å². The summed E-state index contributed by atoms with van der Waals surface area (Å²) in [5, 5.41) is 0. The first-order valence-electron chi connectivity index (χ1n) is 2.81. The van der Waals surface area contributed by atoms with Crippen LogP contribution in [-0.4, -0.2) is 9.97 Å². The van der Waals surface area contributed by atoms with E-state index in [-0.39, 0.29) is 0 Å². The highest BCUT2D eigenvalue weighted by atomic mass is 19.4. The lowest BCUT2D eigenvalue weighted by Gasteiger charge is -1.99. The van der Waals surface area contributed by atoms with Crippen molar-refractivity contribution in [2.24, 2.45) is 0 Å². The maximum Gasteiger partial charge on any atom is 0.449 e. The van der Waals surface area contributed by atoms with Crippen molar-refractivity contribution in [1.82, 2.24) is 9.97 Å². The maximum absolute atomic E-state index is 11.7. The van der Waals surface area contributed by atoms with E-state index in [9.17, 15) is 22.0 Å². The average Bonchev–Trinajstić information content (AvgIpc) is 2.30. The first-order chi connectivity index (χ1) is 5.41. The molecule has 1 heterocycles. The summed E-state index contributed by atoms with van der Waals surface area (Å²) in [5.74, 6) is -1.40. The summed E-state index contributed by atoms with van der Waals surface area (Å²) in [6.07, 6.45) is -7.20. The van der Waals surface area contributed by atoms with Gasteiger partial charge in [-0.15, -0.1) is 0 Å². The topological polar surface area (TPSA) is 28.7 Å². The van der Waals surface area contributed by atoms with Crippen LogP contribution in [0.3, 0.4) is 0 Å². The second kappa shape index (κ2) is 2.72. The molecule has 12 heavy (non-hydrogen) atoms. The first-order valence-corrected chi connectivity index (χ1v) is 2.81. The van der Waals surface area contributed by atoms with Crippen molar-refractivity contribution in [3.05, 3.63) is 17.7 Å². The molecule has 1 rings (SSSR count). The molecule has 1 N–H and O–H groups in total. The molecular weight excluding hydrogens is 183 g/mol. The van der Waals surface area contributed by atoms with Crippen molar-refractivity contribution in [3.63, 3.8) is 0 Å². The Kier molecular flexibility index (Phi) is 2.03. The van der Waals surface area contributed by atoms with Gasteiger partial charge in [-0.25, -0.2) is 13.8 Å². The Balaban J connectivity index is 2.92. The molecule has 2 nitrogen and oxygen atoms in total. The molecule has 0 aromatic carbocycles. The number of H-pyrrole nitrogens is 1. The number of nitrogens with zero attached hydrogens (tertiary/aromatic N) is 1. The highest BCUT2D eigenvalue weighted by Crippen LogP contribution is 2.28. The van der Waals surface area contributed by atoms with Crippen LogP contribution in [0.4, 0.5) is 22.0 Å². The van der Waals surface area contributed by atoms with Crippen molar-refractivity contribution in [1.29, 1.82) is 0 Å². The zero-order valence-corrected chi connectivity index (χ0v) is 5.49. The number of rotatable bonds is 1. The summed E-state index contributed by atoms with van der Waals surface area (Å²) in [7, 11) is 0. The zero-order valence-electron chi connectivity index (χ0n) is 5.49. The van der Waals surface area contributed by atoms with Crippen LogP contribution in [0.15, 0.2) is 6.20 Å². The standard InChI is InChI=1S/C5H3F5N2/c6-3(7)2-1-11-4(12-2)5(8,9)10/h1,3H,(H,11,12). The predicted octanol–water partition coefficient (Wildman–Crippen LogP) is 2.37. The van der Waals surface area contributed by atoms with Crippen LogP contribution < -0.4 is 0 Å². The van der Waals surface area contributed by atoms with Gasteiger partial charge in [-0.1, -0.05) is 0 Å². The quantitative estimate of drug-likeness (QED) is 0.670. The Hall–Kier alpha value is -1.14. The van der Waals surface area contributed by atoms with Crippen LogP contribution in [0, 0.1) is 0 Å². The molecule has 1 aromatic rings. The molecule has 0 atom stereocenters. The van der Waals surface area contributed by atoms with Gasteiger partial charge >= 0.3 is 6.18 Å². The monoisotopic (exact) mass is 186 g/mol. The Bertz CT molecular complexity index is 263.